The van der Waals surface area contributed by atoms with E-state index in [1.807, 2.05) is 30.8 Å². The van der Waals surface area contributed by atoms with Crippen molar-refractivity contribution in [1.82, 2.24) is 14.9 Å². The van der Waals surface area contributed by atoms with Crippen molar-refractivity contribution in [2.45, 2.75) is 37.2 Å². The largest absolute Gasteiger partial charge is 0.377 e. The van der Waals surface area contributed by atoms with Gasteiger partial charge in [-0.3, -0.25) is 4.90 Å². The molecule has 3 rings (SSSR count). The number of aromatic nitrogens is 2. The molecule has 0 bridgehead atoms. The van der Waals surface area contributed by atoms with Gasteiger partial charge in [-0.15, -0.1) is 0 Å². The fourth-order valence-corrected chi connectivity index (χ4v) is 3.21. The molecular formula is C18H22FN3OS. The van der Waals surface area contributed by atoms with Crippen molar-refractivity contribution in [2.75, 3.05) is 19.4 Å². The van der Waals surface area contributed by atoms with E-state index in [2.05, 4.69) is 14.9 Å². The highest BCUT2D eigenvalue weighted by molar-refractivity contribution is 7.98. The number of nitrogens with zero attached hydrogens (tertiary/aromatic N) is 3. The van der Waals surface area contributed by atoms with Crippen LogP contribution in [0.3, 0.4) is 0 Å². The maximum atomic E-state index is 13.1. The maximum Gasteiger partial charge on any atom is 0.187 e. The van der Waals surface area contributed by atoms with Crippen LogP contribution in [0.4, 0.5) is 4.39 Å². The Morgan fingerprint density at radius 3 is 2.50 bits per heavy atom. The normalized spacial score (nSPS) is 17.5. The quantitative estimate of drug-likeness (QED) is 0.566. The third kappa shape index (κ3) is 5.00. The van der Waals surface area contributed by atoms with Crippen molar-refractivity contribution in [3.05, 3.63) is 53.6 Å². The molecule has 0 N–H and O–H groups in total. The lowest BCUT2D eigenvalue weighted by Crippen LogP contribution is -2.31. The van der Waals surface area contributed by atoms with Crippen molar-refractivity contribution in [2.24, 2.45) is 0 Å². The predicted molar refractivity (Wildman–Crippen MR) is 93.3 cm³/mol. The van der Waals surface area contributed by atoms with E-state index >= 15 is 0 Å². The Hall–Kier alpha value is -1.50. The lowest BCUT2D eigenvalue weighted by atomic mass is 10.1. The fourth-order valence-electron chi connectivity index (χ4n) is 2.90. The molecule has 6 heteroatoms. The molecule has 0 spiro atoms. The monoisotopic (exact) mass is 347 g/mol. The fraction of sp³-hybridized carbons (Fsp3) is 0.444. The SMILES string of the molecule is CSc1ncc(CN(Cc2ccc(F)cc2)C[C@H]2CCCO2)cn1. The molecule has 1 fully saturated rings. The molecular weight excluding hydrogens is 325 g/mol. The zero-order valence-corrected chi connectivity index (χ0v) is 14.6. The summed E-state index contributed by atoms with van der Waals surface area (Å²) in [5.41, 5.74) is 2.17. The van der Waals surface area contributed by atoms with Crippen molar-refractivity contribution in [3.63, 3.8) is 0 Å². The highest BCUT2D eigenvalue weighted by Crippen LogP contribution is 2.17. The van der Waals surface area contributed by atoms with E-state index in [1.54, 1.807) is 0 Å². The molecule has 0 saturated carbocycles. The number of ether oxygens (including phenoxy) is 1. The molecule has 0 amide bonds. The third-order valence-electron chi connectivity index (χ3n) is 4.08. The van der Waals surface area contributed by atoms with Crippen LogP contribution in [0.2, 0.25) is 0 Å². The summed E-state index contributed by atoms with van der Waals surface area (Å²) >= 11 is 1.54. The summed E-state index contributed by atoms with van der Waals surface area (Å²) in [6.45, 7) is 3.22. The topological polar surface area (TPSA) is 38.2 Å². The summed E-state index contributed by atoms with van der Waals surface area (Å²) in [5, 5.41) is 0.781. The van der Waals surface area contributed by atoms with E-state index in [0.29, 0.717) is 0 Å². The van der Waals surface area contributed by atoms with Gasteiger partial charge in [0.25, 0.3) is 0 Å². The van der Waals surface area contributed by atoms with Gasteiger partial charge in [0.1, 0.15) is 5.82 Å². The van der Waals surface area contributed by atoms with Crippen molar-refractivity contribution in [1.29, 1.82) is 0 Å². The van der Waals surface area contributed by atoms with E-state index in [0.717, 1.165) is 55.4 Å². The maximum absolute atomic E-state index is 13.1. The molecule has 24 heavy (non-hydrogen) atoms. The first-order valence-corrected chi connectivity index (χ1v) is 9.39. The summed E-state index contributed by atoms with van der Waals surface area (Å²) in [6, 6.07) is 6.70. The molecule has 1 aromatic carbocycles. The van der Waals surface area contributed by atoms with Crippen LogP contribution in [0.5, 0.6) is 0 Å². The zero-order valence-electron chi connectivity index (χ0n) is 13.8. The van der Waals surface area contributed by atoms with Gasteiger partial charge in [-0.05, 0) is 36.8 Å². The second kappa shape index (κ2) is 8.55. The Morgan fingerprint density at radius 2 is 1.88 bits per heavy atom. The van der Waals surface area contributed by atoms with E-state index in [9.17, 15) is 4.39 Å². The van der Waals surface area contributed by atoms with E-state index < -0.39 is 0 Å². The highest BCUT2D eigenvalue weighted by atomic mass is 32.2. The predicted octanol–water partition coefficient (Wildman–Crippen LogP) is 3.52. The van der Waals surface area contributed by atoms with Gasteiger partial charge < -0.3 is 4.74 Å². The first-order valence-electron chi connectivity index (χ1n) is 8.16. The number of hydrogen-bond acceptors (Lipinski definition) is 5. The molecule has 4 nitrogen and oxygen atoms in total. The number of halogens is 1. The molecule has 1 aromatic heterocycles. The Balaban J connectivity index is 1.68. The molecule has 0 radical (unpaired) electrons. The van der Waals surface area contributed by atoms with E-state index in [-0.39, 0.29) is 11.9 Å². The number of rotatable bonds is 7. The summed E-state index contributed by atoms with van der Waals surface area (Å²) in [6.07, 6.45) is 8.23. The van der Waals surface area contributed by atoms with Crippen LogP contribution >= 0.6 is 11.8 Å². The molecule has 1 atom stereocenters. The third-order valence-corrected chi connectivity index (χ3v) is 4.65. The number of hydrogen-bond donors (Lipinski definition) is 0. The van der Waals surface area contributed by atoms with Gasteiger partial charge in [0.05, 0.1) is 6.10 Å². The number of thioether (sulfide) groups is 1. The minimum Gasteiger partial charge on any atom is -0.377 e. The van der Waals surface area contributed by atoms with Gasteiger partial charge in [0, 0.05) is 44.2 Å². The van der Waals surface area contributed by atoms with Gasteiger partial charge in [-0.2, -0.15) is 0 Å². The summed E-state index contributed by atoms with van der Waals surface area (Å²) in [4.78, 5) is 11.0. The van der Waals surface area contributed by atoms with Crippen LogP contribution in [-0.2, 0) is 17.8 Å². The lowest BCUT2D eigenvalue weighted by Gasteiger charge is -2.25. The molecule has 1 saturated heterocycles. The smallest absolute Gasteiger partial charge is 0.187 e. The standard InChI is InChI=1S/C18H22FN3OS/c1-24-18-20-9-15(10-21-18)12-22(13-17-3-2-8-23-17)11-14-4-6-16(19)7-5-14/h4-7,9-10,17H,2-3,8,11-13H2,1H3/t17-/m1/s1. The van der Waals surface area contributed by atoms with Crippen molar-refractivity contribution >= 4 is 11.8 Å². The second-order valence-electron chi connectivity index (χ2n) is 6.01. The molecule has 2 aromatic rings. The van der Waals surface area contributed by atoms with Crippen LogP contribution in [0.1, 0.15) is 24.0 Å². The van der Waals surface area contributed by atoms with Crippen LogP contribution in [-0.4, -0.2) is 40.4 Å². The van der Waals surface area contributed by atoms with E-state index in [4.69, 9.17) is 4.74 Å². The molecule has 2 heterocycles. The van der Waals surface area contributed by atoms with Crippen LogP contribution in [0.25, 0.3) is 0 Å². The molecule has 0 aliphatic carbocycles. The highest BCUT2D eigenvalue weighted by Gasteiger charge is 2.20. The molecule has 1 aliphatic rings. The number of benzene rings is 1. The average Bonchev–Trinajstić information content (AvgIpc) is 3.10. The summed E-state index contributed by atoms with van der Waals surface area (Å²) < 4.78 is 18.9. The van der Waals surface area contributed by atoms with Crippen LogP contribution < -0.4 is 0 Å². The molecule has 1 aliphatic heterocycles. The van der Waals surface area contributed by atoms with Crippen LogP contribution in [0.15, 0.2) is 41.8 Å². The first kappa shape index (κ1) is 17.3. The minimum atomic E-state index is -0.203. The summed E-state index contributed by atoms with van der Waals surface area (Å²) in [5.74, 6) is -0.203. The van der Waals surface area contributed by atoms with Gasteiger partial charge in [0.15, 0.2) is 5.16 Å². The van der Waals surface area contributed by atoms with Gasteiger partial charge in [0.2, 0.25) is 0 Å². The Labute approximate surface area is 146 Å². The summed E-state index contributed by atoms with van der Waals surface area (Å²) in [7, 11) is 0. The van der Waals surface area contributed by atoms with Gasteiger partial charge in [-0.1, -0.05) is 23.9 Å². The van der Waals surface area contributed by atoms with Gasteiger partial charge in [-0.25, -0.2) is 14.4 Å². The lowest BCUT2D eigenvalue weighted by molar-refractivity contribution is 0.0678. The Morgan fingerprint density at radius 1 is 1.17 bits per heavy atom. The molecule has 0 unspecified atom stereocenters. The average molecular weight is 347 g/mol. The van der Waals surface area contributed by atoms with Crippen molar-refractivity contribution in [3.8, 4) is 0 Å². The Kier molecular flexibility index (Phi) is 6.18. The van der Waals surface area contributed by atoms with E-state index in [1.165, 1.54) is 23.9 Å². The molecule has 128 valence electrons. The second-order valence-corrected chi connectivity index (χ2v) is 6.78. The van der Waals surface area contributed by atoms with Crippen molar-refractivity contribution < 1.29 is 9.13 Å². The first-order chi connectivity index (χ1) is 11.7. The van der Waals surface area contributed by atoms with Crippen LogP contribution in [0, 0.1) is 5.82 Å². The zero-order chi connectivity index (χ0) is 16.8. The minimum absolute atomic E-state index is 0.203. The van der Waals surface area contributed by atoms with Gasteiger partial charge >= 0.3 is 0 Å². The Bertz CT molecular complexity index is 630.